The number of aliphatic hydroxyl groups excluding tert-OH is 1. The van der Waals surface area contributed by atoms with Gasteiger partial charge in [0, 0.05) is 0 Å². The van der Waals surface area contributed by atoms with E-state index in [-0.39, 0.29) is 12.4 Å². The summed E-state index contributed by atoms with van der Waals surface area (Å²) in [5.74, 6) is -0.321. The van der Waals surface area contributed by atoms with Crippen LogP contribution in [0.4, 0.5) is 0 Å². The Bertz CT molecular complexity index is 342. The first-order valence-corrected chi connectivity index (χ1v) is 4.46. The molecule has 4 heteroatoms. The van der Waals surface area contributed by atoms with Crippen LogP contribution in [0.15, 0.2) is 24.3 Å². The number of hydrogen-bond acceptors (Lipinski definition) is 4. The molecule has 0 radical (unpaired) electrons. The number of aliphatic hydroxyl groups is 1. The van der Waals surface area contributed by atoms with Gasteiger partial charge < -0.3 is 14.6 Å². The monoisotopic (exact) mass is 208 g/mol. The summed E-state index contributed by atoms with van der Waals surface area (Å²) >= 11 is 0. The number of aldehydes is 1. The van der Waals surface area contributed by atoms with Gasteiger partial charge in [0.05, 0.1) is 13.5 Å². The molecule has 0 amide bonds. The van der Waals surface area contributed by atoms with E-state index >= 15 is 0 Å². The van der Waals surface area contributed by atoms with Gasteiger partial charge in [0.2, 0.25) is 0 Å². The minimum Gasteiger partial charge on any atom is -0.469 e. The molecule has 1 atom stereocenters. The van der Waals surface area contributed by atoms with Crippen molar-refractivity contribution in [2.75, 3.05) is 7.11 Å². The summed E-state index contributed by atoms with van der Waals surface area (Å²) in [4.78, 5) is 21.2. The maximum Gasteiger partial charge on any atom is 0.309 e. The second-order valence-corrected chi connectivity index (χ2v) is 3.08. The number of hydrogen-bond donors (Lipinski definition) is 1. The summed E-state index contributed by atoms with van der Waals surface area (Å²) in [5, 5.41) is 9.19. The van der Waals surface area contributed by atoms with Crippen molar-refractivity contribution < 1.29 is 19.4 Å². The zero-order valence-electron chi connectivity index (χ0n) is 8.34. The SMILES string of the molecule is COC(=O)Cc1ccc(C(O)C=O)cc1. The number of benzene rings is 1. The lowest BCUT2D eigenvalue weighted by Gasteiger charge is -2.04. The maximum absolute atomic E-state index is 10.9. The number of esters is 1. The Morgan fingerprint density at radius 2 is 2.07 bits per heavy atom. The molecule has 0 fully saturated rings. The molecule has 0 saturated heterocycles. The molecule has 0 saturated carbocycles. The molecule has 15 heavy (non-hydrogen) atoms. The number of carbonyl (C=O) groups is 2. The average molecular weight is 208 g/mol. The highest BCUT2D eigenvalue weighted by atomic mass is 16.5. The lowest BCUT2D eigenvalue weighted by atomic mass is 10.1. The van der Waals surface area contributed by atoms with E-state index in [2.05, 4.69) is 4.74 Å². The third kappa shape index (κ3) is 3.18. The molecule has 0 bridgehead atoms. The molecule has 1 N–H and O–H groups in total. The van der Waals surface area contributed by atoms with Gasteiger partial charge in [-0.05, 0) is 11.1 Å². The molecule has 1 aromatic rings. The van der Waals surface area contributed by atoms with Crippen molar-refractivity contribution in [2.24, 2.45) is 0 Å². The van der Waals surface area contributed by atoms with Gasteiger partial charge in [-0.2, -0.15) is 0 Å². The Labute approximate surface area is 87.5 Å². The predicted molar refractivity (Wildman–Crippen MR) is 53.2 cm³/mol. The second-order valence-electron chi connectivity index (χ2n) is 3.08. The lowest BCUT2D eigenvalue weighted by molar-refractivity contribution is -0.139. The van der Waals surface area contributed by atoms with Crippen molar-refractivity contribution in [3.05, 3.63) is 35.4 Å². The Morgan fingerprint density at radius 1 is 1.47 bits per heavy atom. The molecule has 0 aliphatic carbocycles. The first kappa shape index (κ1) is 11.4. The molecule has 0 spiro atoms. The van der Waals surface area contributed by atoms with E-state index in [1.54, 1.807) is 24.3 Å². The minimum atomic E-state index is -1.10. The van der Waals surface area contributed by atoms with Crippen LogP contribution in [0, 0.1) is 0 Å². The number of methoxy groups -OCH3 is 1. The van der Waals surface area contributed by atoms with Crippen molar-refractivity contribution in [3.8, 4) is 0 Å². The van der Waals surface area contributed by atoms with E-state index in [0.29, 0.717) is 11.8 Å². The van der Waals surface area contributed by atoms with E-state index in [1.807, 2.05) is 0 Å². The topological polar surface area (TPSA) is 63.6 Å². The van der Waals surface area contributed by atoms with E-state index in [4.69, 9.17) is 0 Å². The van der Waals surface area contributed by atoms with Crippen LogP contribution < -0.4 is 0 Å². The van der Waals surface area contributed by atoms with Gasteiger partial charge in [-0.1, -0.05) is 24.3 Å². The molecule has 80 valence electrons. The Balaban J connectivity index is 2.72. The fourth-order valence-corrected chi connectivity index (χ4v) is 1.15. The summed E-state index contributed by atoms with van der Waals surface area (Å²) in [7, 11) is 1.33. The van der Waals surface area contributed by atoms with Gasteiger partial charge in [-0.3, -0.25) is 4.79 Å². The molecular weight excluding hydrogens is 196 g/mol. The van der Waals surface area contributed by atoms with E-state index < -0.39 is 6.10 Å². The van der Waals surface area contributed by atoms with Crippen molar-refractivity contribution in [1.29, 1.82) is 0 Å². The predicted octanol–water partition coefficient (Wildman–Crippen LogP) is 0.634. The quantitative estimate of drug-likeness (QED) is 0.582. The Hall–Kier alpha value is -1.68. The van der Waals surface area contributed by atoms with Crippen LogP contribution in [-0.2, 0) is 20.7 Å². The zero-order valence-corrected chi connectivity index (χ0v) is 8.34. The normalized spacial score (nSPS) is 11.9. The van der Waals surface area contributed by atoms with Crippen LogP contribution in [0.3, 0.4) is 0 Å². The minimum absolute atomic E-state index is 0.188. The van der Waals surface area contributed by atoms with Crippen LogP contribution in [0.1, 0.15) is 17.2 Å². The van der Waals surface area contributed by atoms with Crippen LogP contribution >= 0.6 is 0 Å². The van der Waals surface area contributed by atoms with E-state index in [1.165, 1.54) is 7.11 Å². The fourth-order valence-electron chi connectivity index (χ4n) is 1.15. The largest absolute Gasteiger partial charge is 0.469 e. The summed E-state index contributed by atoms with van der Waals surface area (Å²) in [6.45, 7) is 0. The van der Waals surface area contributed by atoms with Gasteiger partial charge in [-0.15, -0.1) is 0 Å². The average Bonchev–Trinajstić information content (AvgIpc) is 2.29. The standard InChI is InChI=1S/C11H12O4/c1-15-11(14)6-8-2-4-9(5-3-8)10(13)7-12/h2-5,7,10,13H,6H2,1H3. The van der Waals surface area contributed by atoms with Crippen molar-refractivity contribution in [3.63, 3.8) is 0 Å². The molecule has 1 unspecified atom stereocenters. The van der Waals surface area contributed by atoms with E-state index in [9.17, 15) is 14.7 Å². The summed E-state index contributed by atoms with van der Waals surface area (Å²) in [5.41, 5.74) is 1.29. The number of rotatable bonds is 4. The smallest absolute Gasteiger partial charge is 0.309 e. The molecule has 1 rings (SSSR count). The third-order valence-corrected chi connectivity index (χ3v) is 2.03. The second kappa shape index (κ2) is 5.26. The van der Waals surface area contributed by atoms with Crippen molar-refractivity contribution in [2.45, 2.75) is 12.5 Å². The first-order chi connectivity index (χ1) is 7.17. The van der Waals surface area contributed by atoms with Gasteiger partial charge in [-0.25, -0.2) is 0 Å². The number of carbonyl (C=O) groups excluding carboxylic acids is 2. The third-order valence-electron chi connectivity index (χ3n) is 2.03. The van der Waals surface area contributed by atoms with Crippen LogP contribution in [0.2, 0.25) is 0 Å². The van der Waals surface area contributed by atoms with Crippen LogP contribution in [0.5, 0.6) is 0 Å². The molecule has 1 aromatic carbocycles. The highest BCUT2D eigenvalue weighted by Crippen LogP contribution is 2.12. The molecule has 0 aliphatic heterocycles. The van der Waals surface area contributed by atoms with Gasteiger partial charge >= 0.3 is 5.97 Å². The molecule has 4 nitrogen and oxygen atoms in total. The van der Waals surface area contributed by atoms with Crippen molar-refractivity contribution >= 4 is 12.3 Å². The van der Waals surface area contributed by atoms with Gasteiger partial charge in [0.25, 0.3) is 0 Å². The van der Waals surface area contributed by atoms with Crippen LogP contribution in [-0.4, -0.2) is 24.5 Å². The molecular formula is C11H12O4. The van der Waals surface area contributed by atoms with Crippen LogP contribution in [0.25, 0.3) is 0 Å². The van der Waals surface area contributed by atoms with Gasteiger partial charge in [0.1, 0.15) is 6.10 Å². The maximum atomic E-state index is 10.9. The lowest BCUT2D eigenvalue weighted by Crippen LogP contribution is -2.05. The first-order valence-electron chi connectivity index (χ1n) is 4.46. The number of ether oxygens (including phenoxy) is 1. The highest BCUT2D eigenvalue weighted by molar-refractivity contribution is 5.72. The van der Waals surface area contributed by atoms with E-state index in [0.717, 1.165) is 5.56 Å². The molecule has 0 aromatic heterocycles. The van der Waals surface area contributed by atoms with Crippen molar-refractivity contribution in [1.82, 2.24) is 0 Å². The summed E-state index contributed by atoms with van der Waals surface area (Å²) in [6.07, 6.45) is -0.458. The summed E-state index contributed by atoms with van der Waals surface area (Å²) < 4.78 is 4.51. The molecule has 0 heterocycles. The molecule has 0 aliphatic rings. The Morgan fingerprint density at radius 3 is 2.53 bits per heavy atom. The zero-order chi connectivity index (χ0) is 11.3. The van der Waals surface area contributed by atoms with Gasteiger partial charge in [0.15, 0.2) is 6.29 Å². The Kier molecular flexibility index (Phi) is 4.00. The fraction of sp³-hybridized carbons (Fsp3) is 0.273. The highest BCUT2D eigenvalue weighted by Gasteiger charge is 2.06. The summed E-state index contributed by atoms with van der Waals surface area (Å²) in [6, 6.07) is 6.58.